The lowest BCUT2D eigenvalue weighted by atomic mass is 10.2. The molecule has 98 valence electrons. The normalized spacial score (nSPS) is 15.9. The molecular formula is C11H13Cl2N3O2. The van der Waals surface area contributed by atoms with Crippen LogP contribution in [0, 0.1) is 0 Å². The number of nitrogen functional groups attached to an aromatic ring is 1. The third-order valence-electron chi connectivity index (χ3n) is 2.50. The Bertz CT molecular complexity index is 439. The van der Waals surface area contributed by atoms with Crippen LogP contribution in [0.5, 0.6) is 0 Å². The molecule has 3 N–H and O–H groups in total. The minimum atomic E-state index is -0.229. The molecule has 1 fully saturated rings. The molecule has 1 heterocycles. The van der Waals surface area contributed by atoms with E-state index < -0.39 is 0 Å². The van der Waals surface area contributed by atoms with Gasteiger partial charge < -0.3 is 11.1 Å². The highest BCUT2D eigenvalue weighted by Gasteiger charge is 2.17. The summed E-state index contributed by atoms with van der Waals surface area (Å²) >= 11 is 11.8. The molecule has 0 aliphatic carbocycles. The quantitative estimate of drug-likeness (QED) is 0.837. The minimum Gasteiger partial charge on any atom is -0.397 e. The van der Waals surface area contributed by atoms with Gasteiger partial charge in [0, 0.05) is 11.6 Å². The Morgan fingerprint density at radius 2 is 2.28 bits per heavy atom. The van der Waals surface area contributed by atoms with Crippen LogP contribution in [-0.4, -0.2) is 30.7 Å². The lowest BCUT2D eigenvalue weighted by Gasteiger charge is -2.15. The first-order valence-electron chi connectivity index (χ1n) is 5.48. The van der Waals surface area contributed by atoms with Crippen molar-refractivity contribution in [3.05, 3.63) is 22.2 Å². The van der Waals surface area contributed by atoms with Gasteiger partial charge in [0.1, 0.15) is 6.54 Å². The lowest BCUT2D eigenvalue weighted by Crippen LogP contribution is -2.30. The maximum Gasteiger partial charge on any atom is 0.241 e. The van der Waals surface area contributed by atoms with E-state index in [1.165, 1.54) is 12.1 Å². The lowest BCUT2D eigenvalue weighted by molar-refractivity contribution is -0.137. The van der Waals surface area contributed by atoms with Crippen LogP contribution in [-0.2, 0) is 9.63 Å². The minimum absolute atomic E-state index is 0.151. The number of nitrogens with one attached hydrogen (secondary N) is 1. The summed E-state index contributed by atoms with van der Waals surface area (Å²) in [4.78, 5) is 17.0. The molecule has 1 aromatic rings. The van der Waals surface area contributed by atoms with E-state index in [-0.39, 0.29) is 12.5 Å². The summed E-state index contributed by atoms with van der Waals surface area (Å²) in [5, 5.41) is 5.01. The Hall–Kier alpha value is -1.01. The van der Waals surface area contributed by atoms with Crippen molar-refractivity contribution in [2.75, 3.05) is 30.7 Å². The van der Waals surface area contributed by atoms with E-state index in [0.29, 0.717) is 28.0 Å². The Morgan fingerprint density at radius 1 is 1.50 bits per heavy atom. The molecule has 0 unspecified atom stereocenters. The number of amides is 1. The van der Waals surface area contributed by atoms with Gasteiger partial charge in [-0.1, -0.05) is 23.2 Å². The number of benzene rings is 1. The number of carbonyl (C=O) groups excluding carboxylic acids is 1. The van der Waals surface area contributed by atoms with E-state index in [1.54, 1.807) is 5.06 Å². The van der Waals surface area contributed by atoms with E-state index in [9.17, 15) is 4.79 Å². The van der Waals surface area contributed by atoms with E-state index >= 15 is 0 Å². The van der Waals surface area contributed by atoms with Gasteiger partial charge >= 0.3 is 0 Å². The summed E-state index contributed by atoms with van der Waals surface area (Å²) in [5.41, 5.74) is 6.47. The standard InChI is InChI=1S/C11H13Cl2N3O2/c12-7-4-8(13)11(9(14)5-7)15-10(17)6-16-2-1-3-18-16/h4-5H,1-3,6,14H2,(H,15,17). The summed E-state index contributed by atoms with van der Waals surface area (Å²) in [7, 11) is 0. The van der Waals surface area contributed by atoms with Gasteiger partial charge in [0.2, 0.25) is 5.91 Å². The highest BCUT2D eigenvalue weighted by atomic mass is 35.5. The molecule has 1 saturated heterocycles. The van der Waals surface area contributed by atoms with Crippen LogP contribution in [0.1, 0.15) is 6.42 Å². The van der Waals surface area contributed by atoms with Crippen LogP contribution in [0.15, 0.2) is 12.1 Å². The van der Waals surface area contributed by atoms with Crippen LogP contribution in [0.2, 0.25) is 10.0 Å². The second-order valence-electron chi connectivity index (χ2n) is 3.95. The number of halogens is 2. The molecule has 0 aromatic heterocycles. The van der Waals surface area contributed by atoms with Crippen molar-refractivity contribution in [1.82, 2.24) is 5.06 Å². The number of rotatable bonds is 3. The second-order valence-corrected chi connectivity index (χ2v) is 4.79. The smallest absolute Gasteiger partial charge is 0.241 e. The van der Waals surface area contributed by atoms with Gasteiger partial charge in [-0.25, -0.2) is 0 Å². The fraction of sp³-hybridized carbons (Fsp3) is 0.364. The van der Waals surface area contributed by atoms with Crippen molar-refractivity contribution in [1.29, 1.82) is 0 Å². The van der Waals surface area contributed by atoms with Crippen LogP contribution >= 0.6 is 23.2 Å². The maximum absolute atomic E-state index is 11.8. The van der Waals surface area contributed by atoms with Crippen molar-refractivity contribution < 1.29 is 9.63 Å². The number of carbonyl (C=O) groups is 1. The average molecular weight is 290 g/mol. The first kappa shape index (κ1) is 13.4. The summed E-state index contributed by atoms with van der Waals surface area (Å²) in [5.74, 6) is -0.229. The molecule has 1 aromatic carbocycles. The third-order valence-corrected chi connectivity index (χ3v) is 3.01. The Kier molecular flexibility index (Phi) is 4.29. The molecule has 1 aliphatic heterocycles. The van der Waals surface area contributed by atoms with Gasteiger partial charge in [-0.05, 0) is 18.6 Å². The summed E-state index contributed by atoms with van der Waals surface area (Å²) < 4.78 is 0. The Labute approximate surface area is 115 Å². The van der Waals surface area contributed by atoms with E-state index in [2.05, 4.69) is 5.32 Å². The van der Waals surface area contributed by atoms with Crippen molar-refractivity contribution in [3.8, 4) is 0 Å². The Morgan fingerprint density at radius 3 is 2.89 bits per heavy atom. The molecule has 0 bridgehead atoms. The first-order valence-corrected chi connectivity index (χ1v) is 6.24. The predicted molar refractivity (Wildman–Crippen MR) is 71.6 cm³/mol. The molecular weight excluding hydrogens is 277 g/mol. The summed E-state index contributed by atoms with van der Waals surface area (Å²) in [6.45, 7) is 1.55. The van der Waals surface area contributed by atoms with E-state index in [1.807, 2.05) is 0 Å². The second kappa shape index (κ2) is 5.75. The molecule has 5 nitrogen and oxygen atoms in total. The molecule has 0 radical (unpaired) electrons. The highest BCUT2D eigenvalue weighted by molar-refractivity contribution is 6.37. The largest absolute Gasteiger partial charge is 0.397 e. The van der Waals surface area contributed by atoms with Gasteiger partial charge in [0.05, 0.1) is 23.0 Å². The van der Waals surface area contributed by atoms with Gasteiger partial charge in [0.15, 0.2) is 0 Å². The fourth-order valence-corrected chi connectivity index (χ4v) is 2.24. The van der Waals surface area contributed by atoms with Crippen LogP contribution < -0.4 is 11.1 Å². The van der Waals surface area contributed by atoms with Crippen LogP contribution in [0.3, 0.4) is 0 Å². The van der Waals surface area contributed by atoms with Gasteiger partial charge in [-0.2, -0.15) is 5.06 Å². The molecule has 1 amide bonds. The summed E-state index contributed by atoms with van der Waals surface area (Å²) in [6.07, 6.45) is 0.928. The SMILES string of the molecule is Nc1cc(Cl)cc(Cl)c1NC(=O)CN1CCCO1. The zero-order valence-electron chi connectivity index (χ0n) is 9.58. The van der Waals surface area contributed by atoms with Crippen LogP contribution in [0.25, 0.3) is 0 Å². The molecule has 0 saturated carbocycles. The number of hydrogen-bond donors (Lipinski definition) is 2. The molecule has 7 heteroatoms. The van der Waals surface area contributed by atoms with E-state index in [4.69, 9.17) is 33.8 Å². The predicted octanol–water partition coefficient (Wildman–Crippen LogP) is 2.15. The number of nitrogens with zero attached hydrogens (tertiary/aromatic N) is 1. The first-order chi connectivity index (χ1) is 8.56. The monoisotopic (exact) mass is 289 g/mol. The van der Waals surface area contributed by atoms with Gasteiger partial charge in [-0.3, -0.25) is 9.63 Å². The molecule has 1 aliphatic rings. The van der Waals surface area contributed by atoms with Crippen molar-refractivity contribution in [3.63, 3.8) is 0 Å². The topological polar surface area (TPSA) is 67.6 Å². The summed E-state index contributed by atoms with van der Waals surface area (Å²) in [6, 6.07) is 3.07. The number of hydrogen-bond acceptors (Lipinski definition) is 4. The zero-order valence-corrected chi connectivity index (χ0v) is 11.1. The average Bonchev–Trinajstić information content (AvgIpc) is 2.76. The van der Waals surface area contributed by atoms with Crippen molar-refractivity contribution >= 4 is 40.5 Å². The third kappa shape index (κ3) is 3.26. The van der Waals surface area contributed by atoms with Gasteiger partial charge in [-0.15, -0.1) is 0 Å². The van der Waals surface area contributed by atoms with Gasteiger partial charge in [0.25, 0.3) is 0 Å². The van der Waals surface area contributed by atoms with Crippen molar-refractivity contribution in [2.24, 2.45) is 0 Å². The number of anilines is 2. The van der Waals surface area contributed by atoms with Crippen LogP contribution in [0.4, 0.5) is 11.4 Å². The zero-order chi connectivity index (χ0) is 13.1. The highest BCUT2D eigenvalue weighted by Crippen LogP contribution is 2.31. The number of hydroxylamine groups is 2. The van der Waals surface area contributed by atoms with Crippen molar-refractivity contribution in [2.45, 2.75) is 6.42 Å². The fourth-order valence-electron chi connectivity index (χ4n) is 1.69. The molecule has 0 spiro atoms. The number of nitrogens with two attached hydrogens (primary N) is 1. The maximum atomic E-state index is 11.8. The molecule has 18 heavy (non-hydrogen) atoms. The molecule has 0 atom stereocenters. The Balaban J connectivity index is 2.02. The van der Waals surface area contributed by atoms with E-state index in [0.717, 1.165) is 13.0 Å². The molecule has 2 rings (SSSR count).